The molecular weight excluding hydrogens is 309 g/mol. The maximum absolute atomic E-state index is 10.2. The Morgan fingerprint density at radius 1 is 1.19 bits per heavy atom. The minimum absolute atomic E-state index is 0.391. The van der Waals surface area contributed by atoms with Crippen molar-refractivity contribution in [3.05, 3.63) is 63.6 Å². The standard InChI is InChI=1S/C9H13NO.C7H4Cl2O/c1-11-9-5-3-2-4-8(9)6-7-10;8-6-2-1-5(4-10)7(9)3-6/h2-5H,6-7,10H2,1H3;1-4H. The molecule has 0 spiro atoms. The molecule has 0 heterocycles. The molecule has 0 saturated carbocycles. The van der Waals surface area contributed by atoms with Crippen molar-refractivity contribution in [2.24, 2.45) is 5.73 Å². The van der Waals surface area contributed by atoms with Crippen LogP contribution in [0.1, 0.15) is 15.9 Å². The Kier molecular flexibility index (Phi) is 7.83. The summed E-state index contributed by atoms with van der Waals surface area (Å²) in [6.45, 7) is 0.667. The van der Waals surface area contributed by atoms with E-state index >= 15 is 0 Å². The summed E-state index contributed by atoms with van der Waals surface area (Å²) in [5.41, 5.74) is 7.07. The zero-order chi connectivity index (χ0) is 15.7. The van der Waals surface area contributed by atoms with E-state index in [1.54, 1.807) is 19.2 Å². The monoisotopic (exact) mass is 325 g/mol. The predicted molar refractivity (Wildman–Crippen MR) is 87.6 cm³/mol. The molecule has 0 saturated heterocycles. The van der Waals surface area contributed by atoms with Crippen LogP contribution in [0.2, 0.25) is 10.0 Å². The number of methoxy groups -OCH3 is 1. The largest absolute Gasteiger partial charge is 0.496 e. The Morgan fingerprint density at radius 3 is 2.48 bits per heavy atom. The minimum Gasteiger partial charge on any atom is -0.496 e. The van der Waals surface area contributed by atoms with Crippen molar-refractivity contribution in [1.82, 2.24) is 0 Å². The maximum Gasteiger partial charge on any atom is 0.151 e. The van der Waals surface area contributed by atoms with E-state index in [9.17, 15) is 4.79 Å². The van der Waals surface area contributed by atoms with Gasteiger partial charge in [-0.15, -0.1) is 0 Å². The first-order valence-corrected chi connectivity index (χ1v) is 7.10. The third kappa shape index (κ3) is 5.76. The van der Waals surface area contributed by atoms with Crippen LogP contribution in [-0.4, -0.2) is 19.9 Å². The van der Waals surface area contributed by atoms with Crippen LogP contribution in [0.25, 0.3) is 0 Å². The van der Waals surface area contributed by atoms with Crippen molar-refractivity contribution >= 4 is 29.5 Å². The molecule has 0 radical (unpaired) electrons. The van der Waals surface area contributed by atoms with Gasteiger partial charge in [-0.3, -0.25) is 4.79 Å². The van der Waals surface area contributed by atoms with Gasteiger partial charge in [-0.05, 0) is 42.8 Å². The zero-order valence-corrected chi connectivity index (χ0v) is 13.2. The van der Waals surface area contributed by atoms with Gasteiger partial charge in [-0.25, -0.2) is 0 Å². The summed E-state index contributed by atoms with van der Waals surface area (Å²) in [5, 5.41) is 0.929. The van der Waals surface area contributed by atoms with E-state index in [0.717, 1.165) is 12.2 Å². The number of nitrogens with two attached hydrogens (primary N) is 1. The molecule has 0 aromatic heterocycles. The van der Waals surface area contributed by atoms with Gasteiger partial charge in [0, 0.05) is 10.6 Å². The second-order valence-electron chi connectivity index (χ2n) is 4.13. The maximum atomic E-state index is 10.2. The lowest BCUT2D eigenvalue weighted by molar-refractivity contribution is 0.112. The molecule has 0 bridgehead atoms. The second-order valence-corrected chi connectivity index (χ2v) is 4.98. The number of para-hydroxylation sites is 1. The van der Waals surface area contributed by atoms with Gasteiger partial charge in [0.1, 0.15) is 5.75 Å². The number of ether oxygens (including phenoxy) is 1. The lowest BCUT2D eigenvalue weighted by Crippen LogP contribution is -2.03. The fourth-order valence-corrected chi connectivity index (χ4v) is 2.12. The van der Waals surface area contributed by atoms with Crippen LogP contribution in [0.3, 0.4) is 0 Å². The fraction of sp³-hybridized carbons (Fsp3) is 0.188. The summed E-state index contributed by atoms with van der Waals surface area (Å²) in [6.07, 6.45) is 1.57. The molecule has 0 aliphatic carbocycles. The first-order chi connectivity index (χ1) is 10.1. The van der Waals surface area contributed by atoms with Crippen molar-refractivity contribution < 1.29 is 9.53 Å². The van der Waals surface area contributed by atoms with Crippen molar-refractivity contribution in [1.29, 1.82) is 0 Å². The summed E-state index contributed by atoms with van der Waals surface area (Å²) in [4.78, 5) is 10.2. The minimum atomic E-state index is 0.391. The Labute approximate surface area is 134 Å². The van der Waals surface area contributed by atoms with Gasteiger partial charge in [0.25, 0.3) is 0 Å². The number of carbonyl (C=O) groups excluding carboxylic acids is 1. The number of benzene rings is 2. The first-order valence-electron chi connectivity index (χ1n) is 6.34. The number of hydrogen-bond acceptors (Lipinski definition) is 3. The third-order valence-electron chi connectivity index (χ3n) is 2.70. The highest BCUT2D eigenvalue weighted by atomic mass is 35.5. The van der Waals surface area contributed by atoms with Gasteiger partial charge in [0.15, 0.2) is 6.29 Å². The lowest BCUT2D eigenvalue weighted by atomic mass is 10.1. The normalized spacial score (nSPS) is 9.52. The van der Waals surface area contributed by atoms with E-state index in [4.69, 9.17) is 33.7 Å². The van der Waals surface area contributed by atoms with Gasteiger partial charge in [-0.1, -0.05) is 41.4 Å². The molecule has 0 aliphatic rings. The Morgan fingerprint density at radius 2 is 1.90 bits per heavy atom. The number of carbonyl (C=O) groups is 1. The summed E-state index contributed by atoms with van der Waals surface area (Å²) in [5.74, 6) is 0.929. The molecule has 2 aromatic carbocycles. The highest BCUT2D eigenvalue weighted by Gasteiger charge is 1.98. The average molecular weight is 326 g/mol. The molecule has 112 valence electrons. The van der Waals surface area contributed by atoms with Crippen LogP contribution < -0.4 is 10.5 Å². The predicted octanol–water partition coefficient (Wildman–Crippen LogP) is 4.00. The van der Waals surface area contributed by atoms with Crippen molar-refractivity contribution in [2.45, 2.75) is 6.42 Å². The van der Waals surface area contributed by atoms with Crippen LogP contribution in [0.4, 0.5) is 0 Å². The van der Waals surface area contributed by atoms with Crippen LogP contribution in [0.15, 0.2) is 42.5 Å². The smallest absolute Gasteiger partial charge is 0.151 e. The molecule has 0 fully saturated rings. The van der Waals surface area contributed by atoms with Crippen molar-refractivity contribution in [3.8, 4) is 5.75 Å². The molecule has 21 heavy (non-hydrogen) atoms. The molecule has 0 aliphatic heterocycles. The molecule has 2 aromatic rings. The average Bonchev–Trinajstić information content (AvgIpc) is 2.49. The van der Waals surface area contributed by atoms with Crippen LogP contribution in [-0.2, 0) is 6.42 Å². The van der Waals surface area contributed by atoms with Gasteiger partial charge in [0.2, 0.25) is 0 Å². The Bertz CT molecular complexity index is 588. The van der Waals surface area contributed by atoms with E-state index in [-0.39, 0.29) is 0 Å². The number of halogens is 2. The van der Waals surface area contributed by atoms with E-state index in [1.165, 1.54) is 11.6 Å². The van der Waals surface area contributed by atoms with Crippen molar-refractivity contribution in [2.75, 3.05) is 13.7 Å². The molecule has 2 rings (SSSR count). The highest BCUT2D eigenvalue weighted by Crippen LogP contribution is 2.19. The summed E-state index contributed by atoms with van der Waals surface area (Å²) < 4.78 is 5.14. The third-order valence-corrected chi connectivity index (χ3v) is 3.26. The van der Waals surface area contributed by atoms with E-state index in [1.807, 2.05) is 24.3 Å². The summed E-state index contributed by atoms with van der Waals surface area (Å²) in [7, 11) is 1.68. The summed E-state index contributed by atoms with van der Waals surface area (Å²) in [6, 6.07) is 12.7. The van der Waals surface area contributed by atoms with Gasteiger partial charge < -0.3 is 10.5 Å². The van der Waals surface area contributed by atoms with E-state index in [2.05, 4.69) is 0 Å². The SMILES string of the molecule is COc1ccccc1CCN.O=Cc1ccc(Cl)cc1Cl. The summed E-state index contributed by atoms with van der Waals surface area (Å²) >= 11 is 11.2. The van der Waals surface area contributed by atoms with Gasteiger partial charge >= 0.3 is 0 Å². The molecule has 0 unspecified atom stereocenters. The molecular formula is C16H17Cl2NO2. The molecule has 3 nitrogen and oxygen atoms in total. The first kappa shape index (κ1) is 17.5. The van der Waals surface area contributed by atoms with Gasteiger partial charge in [0.05, 0.1) is 12.1 Å². The number of aldehydes is 1. The molecule has 0 amide bonds. The quantitative estimate of drug-likeness (QED) is 0.864. The molecule has 2 N–H and O–H groups in total. The van der Waals surface area contributed by atoms with Crippen LogP contribution >= 0.6 is 23.2 Å². The highest BCUT2D eigenvalue weighted by molar-refractivity contribution is 6.36. The molecule has 0 atom stereocenters. The topological polar surface area (TPSA) is 52.3 Å². The second kappa shape index (κ2) is 9.40. The van der Waals surface area contributed by atoms with Crippen LogP contribution in [0, 0.1) is 0 Å². The molecule has 5 heteroatoms. The number of hydrogen-bond donors (Lipinski definition) is 1. The van der Waals surface area contributed by atoms with E-state index in [0.29, 0.717) is 28.4 Å². The Balaban J connectivity index is 0.000000211. The fourth-order valence-electron chi connectivity index (χ4n) is 1.66. The lowest BCUT2D eigenvalue weighted by Gasteiger charge is -2.05. The number of rotatable bonds is 4. The zero-order valence-electron chi connectivity index (χ0n) is 11.7. The van der Waals surface area contributed by atoms with Gasteiger partial charge in [-0.2, -0.15) is 0 Å². The van der Waals surface area contributed by atoms with Crippen LogP contribution in [0.5, 0.6) is 5.75 Å². The van der Waals surface area contributed by atoms with E-state index < -0.39 is 0 Å². The van der Waals surface area contributed by atoms with Crippen molar-refractivity contribution in [3.63, 3.8) is 0 Å². The Hall–Kier alpha value is -1.55.